The Labute approximate surface area is 164 Å². The van der Waals surface area contributed by atoms with Gasteiger partial charge in [-0.1, -0.05) is 17.7 Å². The third-order valence-corrected chi connectivity index (χ3v) is 5.74. The Balaban J connectivity index is 1.32. The molecule has 0 aliphatic carbocycles. The van der Waals surface area contributed by atoms with Crippen LogP contribution in [-0.4, -0.2) is 46.5 Å². The van der Waals surface area contributed by atoms with E-state index in [4.69, 9.17) is 4.74 Å². The molecule has 1 unspecified atom stereocenters. The van der Waals surface area contributed by atoms with E-state index in [-0.39, 0.29) is 17.4 Å². The molecule has 3 heterocycles. The normalized spacial score (nSPS) is 20.9. The van der Waals surface area contributed by atoms with Gasteiger partial charge in [0.05, 0.1) is 17.5 Å². The predicted molar refractivity (Wildman–Crippen MR) is 106 cm³/mol. The van der Waals surface area contributed by atoms with Gasteiger partial charge in [0.2, 0.25) is 0 Å². The fraction of sp³-hybridized carbons (Fsp3) is 0.409. The molecule has 0 radical (unpaired) electrons. The Bertz CT molecular complexity index is 843. The van der Waals surface area contributed by atoms with Crippen molar-refractivity contribution >= 4 is 17.5 Å². The van der Waals surface area contributed by atoms with E-state index in [0.717, 1.165) is 30.4 Å². The molecule has 146 valence electrons. The number of pyridine rings is 1. The van der Waals surface area contributed by atoms with Gasteiger partial charge in [-0.15, -0.1) is 0 Å². The number of hydrogen-bond acceptors (Lipinski definition) is 4. The highest BCUT2D eigenvalue weighted by atomic mass is 16.5. The number of aryl methyl sites for hydroxylation is 1. The van der Waals surface area contributed by atoms with Crippen LogP contribution >= 0.6 is 0 Å². The highest BCUT2D eigenvalue weighted by Gasteiger charge is 2.45. The number of benzene rings is 1. The van der Waals surface area contributed by atoms with E-state index in [2.05, 4.69) is 10.3 Å². The van der Waals surface area contributed by atoms with Gasteiger partial charge in [-0.25, -0.2) is 0 Å². The van der Waals surface area contributed by atoms with E-state index in [1.165, 1.54) is 0 Å². The molecule has 6 heteroatoms. The highest BCUT2D eigenvalue weighted by molar-refractivity contribution is 5.95. The van der Waals surface area contributed by atoms with Crippen LogP contribution in [0.4, 0.5) is 5.69 Å². The maximum Gasteiger partial charge on any atom is 0.253 e. The van der Waals surface area contributed by atoms with Crippen molar-refractivity contribution in [2.45, 2.75) is 44.3 Å². The molecule has 1 atom stereocenters. The van der Waals surface area contributed by atoms with Crippen LogP contribution in [-0.2, 0) is 9.53 Å². The molecule has 2 fully saturated rings. The van der Waals surface area contributed by atoms with E-state index in [9.17, 15) is 9.59 Å². The number of carbonyl (C=O) groups excluding carboxylic acids is 2. The molecule has 1 N–H and O–H groups in total. The zero-order chi connectivity index (χ0) is 19.6. The maximum atomic E-state index is 12.7. The zero-order valence-electron chi connectivity index (χ0n) is 16.1. The number of nitrogens with one attached hydrogen (secondary N) is 1. The molecule has 2 aliphatic rings. The molecule has 4 rings (SSSR count). The summed E-state index contributed by atoms with van der Waals surface area (Å²) < 4.78 is 6.20. The number of nitrogens with zero attached hydrogens (tertiary/aromatic N) is 2. The quantitative estimate of drug-likeness (QED) is 0.889. The largest absolute Gasteiger partial charge is 0.362 e. The van der Waals surface area contributed by atoms with Gasteiger partial charge < -0.3 is 15.0 Å². The average Bonchev–Trinajstić information content (AvgIpc) is 3.13. The molecule has 0 saturated carbocycles. The lowest BCUT2D eigenvalue weighted by atomic mass is 9.88. The van der Waals surface area contributed by atoms with E-state index < -0.39 is 6.10 Å². The van der Waals surface area contributed by atoms with E-state index in [1.54, 1.807) is 18.5 Å². The molecule has 2 aliphatic heterocycles. The first-order valence-corrected chi connectivity index (χ1v) is 9.79. The Hall–Kier alpha value is -2.73. The minimum Gasteiger partial charge on any atom is -0.362 e. The van der Waals surface area contributed by atoms with Gasteiger partial charge in [0, 0.05) is 24.8 Å². The van der Waals surface area contributed by atoms with Gasteiger partial charge >= 0.3 is 0 Å². The molecule has 28 heavy (non-hydrogen) atoms. The third-order valence-electron chi connectivity index (χ3n) is 5.74. The van der Waals surface area contributed by atoms with Gasteiger partial charge in [0.15, 0.2) is 0 Å². The lowest BCUT2D eigenvalue weighted by Gasteiger charge is -2.39. The molecule has 2 amide bonds. The summed E-state index contributed by atoms with van der Waals surface area (Å²) in [5, 5.41) is 2.87. The summed E-state index contributed by atoms with van der Waals surface area (Å²) in [6, 6.07) is 11.3. The second kappa shape index (κ2) is 7.72. The van der Waals surface area contributed by atoms with Crippen molar-refractivity contribution in [1.29, 1.82) is 0 Å². The second-order valence-electron chi connectivity index (χ2n) is 7.72. The third kappa shape index (κ3) is 3.92. The summed E-state index contributed by atoms with van der Waals surface area (Å²) in [6.07, 6.45) is 5.94. The minimum atomic E-state index is -0.445. The fourth-order valence-corrected chi connectivity index (χ4v) is 4.02. The number of rotatable bonds is 3. The first kappa shape index (κ1) is 18.6. The van der Waals surface area contributed by atoms with Gasteiger partial charge in [0.1, 0.15) is 6.10 Å². The minimum absolute atomic E-state index is 0.0683. The number of likely N-dealkylation sites (tertiary alicyclic amines) is 1. The number of hydrogen-bond donors (Lipinski definition) is 1. The van der Waals surface area contributed by atoms with Gasteiger partial charge in [-0.2, -0.15) is 0 Å². The number of anilines is 1. The Kier molecular flexibility index (Phi) is 5.13. The highest BCUT2D eigenvalue weighted by Crippen LogP contribution is 2.39. The Morgan fingerprint density at radius 2 is 1.89 bits per heavy atom. The first-order valence-electron chi connectivity index (χ1n) is 9.79. The number of ether oxygens (including phenoxy) is 1. The smallest absolute Gasteiger partial charge is 0.253 e. The van der Waals surface area contributed by atoms with Crippen molar-refractivity contribution in [3.05, 3.63) is 59.9 Å². The Morgan fingerprint density at radius 1 is 1.14 bits per heavy atom. The summed E-state index contributed by atoms with van der Waals surface area (Å²) in [5.74, 6) is -0.0539. The van der Waals surface area contributed by atoms with E-state index in [1.807, 2.05) is 42.2 Å². The van der Waals surface area contributed by atoms with Crippen molar-refractivity contribution < 1.29 is 14.3 Å². The number of aromatic nitrogens is 1. The molecule has 2 saturated heterocycles. The molecule has 2 aromatic rings. The molecule has 1 aromatic heterocycles. The maximum absolute atomic E-state index is 12.7. The van der Waals surface area contributed by atoms with Crippen molar-refractivity contribution in [2.75, 3.05) is 18.4 Å². The number of piperidine rings is 1. The number of carbonyl (C=O) groups is 2. The topological polar surface area (TPSA) is 71.5 Å². The van der Waals surface area contributed by atoms with Crippen LogP contribution in [0, 0.1) is 6.92 Å². The molecular weight excluding hydrogens is 354 g/mol. The van der Waals surface area contributed by atoms with Crippen LogP contribution in [0.3, 0.4) is 0 Å². The summed E-state index contributed by atoms with van der Waals surface area (Å²) in [5.41, 5.74) is 2.25. The average molecular weight is 379 g/mol. The SMILES string of the molecule is Cc1ccc(C(=O)N2CCC3(CCC(C(=O)Nc4cccnc4)O3)CC2)cc1. The molecule has 1 aromatic carbocycles. The zero-order valence-corrected chi connectivity index (χ0v) is 16.1. The van der Waals surface area contributed by atoms with Crippen LogP contribution in [0.15, 0.2) is 48.8 Å². The Morgan fingerprint density at radius 3 is 2.57 bits per heavy atom. The predicted octanol–water partition coefficient (Wildman–Crippen LogP) is 3.18. The lowest BCUT2D eigenvalue weighted by molar-refractivity contribution is -0.135. The molecule has 1 spiro atoms. The summed E-state index contributed by atoms with van der Waals surface area (Å²) in [6.45, 7) is 3.32. The van der Waals surface area contributed by atoms with Gasteiger partial charge in [-0.05, 0) is 56.9 Å². The van der Waals surface area contributed by atoms with Gasteiger partial charge in [-0.3, -0.25) is 14.6 Å². The van der Waals surface area contributed by atoms with Crippen molar-refractivity contribution in [3.8, 4) is 0 Å². The fourth-order valence-electron chi connectivity index (χ4n) is 4.02. The summed E-state index contributed by atoms with van der Waals surface area (Å²) >= 11 is 0. The summed E-state index contributed by atoms with van der Waals surface area (Å²) in [4.78, 5) is 31.1. The lowest BCUT2D eigenvalue weighted by Crippen LogP contribution is -2.47. The second-order valence-corrected chi connectivity index (χ2v) is 7.72. The van der Waals surface area contributed by atoms with Crippen LogP contribution < -0.4 is 5.32 Å². The van der Waals surface area contributed by atoms with Crippen LogP contribution in [0.1, 0.15) is 41.6 Å². The van der Waals surface area contributed by atoms with E-state index in [0.29, 0.717) is 25.2 Å². The standard InChI is InChI=1S/C22H25N3O3/c1-16-4-6-17(7-5-16)21(27)25-13-10-22(11-14-25)9-8-19(28-22)20(26)24-18-3-2-12-23-15-18/h2-7,12,15,19H,8-11,13-14H2,1H3,(H,24,26). The van der Waals surface area contributed by atoms with Crippen LogP contribution in [0.2, 0.25) is 0 Å². The molecule has 0 bridgehead atoms. The number of amides is 2. The monoisotopic (exact) mass is 379 g/mol. The van der Waals surface area contributed by atoms with Crippen molar-refractivity contribution in [2.24, 2.45) is 0 Å². The summed E-state index contributed by atoms with van der Waals surface area (Å²) in [7, 11) is 0. The van der Waals surface area contributed by atoms with E-state index >= 15 is 0 Å². The van der Waals surface area contributed by atoms with Gasteiger partial charge in [0.25, 0.3) is 11.8 Å². The molecule has 6 nitrogen and oxygen atoms in total. The first-order chi connectivity index (χ1) is 13.5. The van der Waals surface area contributed by atoms with Crippen molar-refractivity contribution in [1.82, 2.24) is 9.88 Å². The van der Waals surface area contributed by atoms with Crippen LogP contribution in [0.25, 0.3) is 0 Å². The molecular formula is C22H25N3O3. The van der Waals surface area contributed by atoms with Crippen LogP contribution in [0.5, 0.6) is 0 Å². The van der Waals surface area contributed by atoms with Crippen molar-refractivity contribution in [3.63, 3.8) is 0 Å².